The molecule has 0 radical (unpaired) electrons. The van der Waals surface area contributed by atoms with Crippen LogP contribution in [-0.2, 0) is 17.8 Å². The topological polar surface area (TPSA) is 61.4 Å². The smallest absolute Gasteiger partial charge is 0.220 e. The van der Waals surface area contributed by atoms with Gasteiger partial charge in [0.15, 0.2) is 0 Å². The van der Waals surface area contributed by atoms with Crippen LogP contribution < -0.4 is 15.8 Å². The van der Waals surface area contributed by atoms with Crippen LogP contribution in [-0.4, -0.2) is 25.6 Å². The Kier molecular flexibility index (Phi) is 9.52. The van der Waals surface area contributed by atoms with Gasteiger partial charge in [0.2, 0.25) is 5.91 Å². The van der Waals surface area contributed by atoms with E-state index < -0.39 is 8.07 Å². The lowest BCUT2D eigenvalue weighted by Gasteiger charge is -2.24. The van der Waals surface area contributed by atoms with Crippen LogP contribution in [0.3, 0.4) is 0 Å². The maximum atomic E-state index is 13.1. The Morgan fingerprint density at radius 1 is 0.763 bits per heavy atom. The third-order valence-corrected chi connectivity index (χ3v) is 10.5. The Labute approximate surface area is 227 Å². The Morgan fingerprint density at radius 3 is 1.89 bits per heavy atom. The summed E-state index contributed by atoms with van der Waals surface area (Å²) in [7, 11) is -1.76. The standard InChI is InChI=1S/C33H38N2O2Si/c1-38(2,31-19-15-27(16-20-31)25-34-23-21-26-13-17-30(36)18-14-26)24-22-32(37)35-33(28-9-5-3-6-10-28)29-11-7-4-8-12-29/h3-20,33-34,36H,21-25H2,1-2H3,(H,35,37). The molecule has 38 heavy (non-hydrogen) atoms. The fourth-order valence-corrected chi connectivity index (χ4v) is 6.87. The van der Waals surface area contributed by atoms with Gasteiger partial charge in [-0.05, 0) is 53.4 Å². The van der Waals surface area contributed by atoms with Gasteiger partial charge in [-0.2, -0.15) is 0 Å². The van der Waals surface area contributed by atoms with Gasteiger partial charge < -0.3 is 15.7 Å². The molecule has 196 valence electrons. The third kappa shape index (κ3) is 7.91. The van der Waals surface area contributed by atoms with Gasteiger partial charge in [-0.3, -0.25) is 4.79 Å². The van der Waals surface area contributed by atoms with Gasteiger partial charge in [0, 0.05) is 13.0 Å². The molecule has 0 atom stereocenters. The molecule has 4 aromatic rings. The first-order valence-electron chi connectivity index (χ1n) is 13.4. The highest BCUT2D eigenvalue weighted by molar-refractivity contribution is 6.89. The summed E-state index contributed by atoms with van der Waals surface area (Å²) >= 11 is 0. The molecule has 0 heterocycles. The van der Waals surface area contributed by atoms with Crippen LogP contribution >= 0.6 is 0 Å². The number of carbonyl (C=O) groups is 1. The van der Waals surface area contributed by atoms with Crippen molar-refractivity contribution in [2.75, 3.05) is 6.54 Å². The van der Waals surface area contributed by atoms with Crippen LogP contribution in [0.1, 0.15) is 34.7 Å². The minimum Gasteiger partial charge on any atom is -0.508 e. The van der Waals surface area contributed by atoms with E-state index in [1.807, 2.05) is 48.5 Å². The molecule has 0 spiro atoms. The zero-order chi connectivity index (χ0) is 26.8. The molecule has 3 N–H and O–H groups in total. The largest absolute Gasteiger partial charge is 0.508 e. The molecular formula is C33H38N2O2Si. The minimum atomic E-state index is -1.76. The Morgan fingerprint density at radius 2 is 1.32 bits per heavy atom. The van der Waals surface area contributed by atoms with Gasteiger partial charge in [0.25, 0.3) is 0 Å². The molecule has 0 fully saturated rings. The molecule has 0 aliphatic rings. The number of aromatic hydroxyl groups is 1. The van der Waals surface area contributed by atoms with Crippen molar-refractivity contribution in [2.45, 2.75) is 44.6 Å². The van der Waals surface area contributed by atoms with E-state index in [0.29, 0.717) is 12.2 Å². The Balaban J connectivity index is 1.28. The molecule has 0 aliphatic carbocycles. The van der Waals surface area contributed by atoms with Gasteiger partial charge in [-0.1, -0.05) is 115 Å². The Hall–Kier alpha value is -3.67. The van der Waals surface area contributed by atoms with Crippen molar-refractivity contribution < 1.29 is 9.90 Å². The monoisotopic (exact) mass is 522 g/mol. The average Bonchev–Trinajstić information content (AvgIpc) is 2.95. The molecule has 4 aromatic carbocycles. The van der Waals surface area contributed by atoms with Crippen LogP contribution in [0.5, 0.6) is 5.75 Å². The number of carbonyl (C=O) groups excluding carboxylic acids is 1. The summed E-state index contributed by atoms with van der Waals surface area (Å²) in [6, 6.07) is 37.4. The van der Waals surface area contributed by atoms with Crippen molar-refractivity contribution >= 4 is 19.2 Å². The number of benzene rings is 4. The third-order valence-electron chi connectivity index (χ3n) is 7.14. The first-order valence-corrected chi connectivity index (χ1v) is 16.6. The predicted molar refractivity (Wildman–Crippen MR) is 159 cm³/mol. The van der Waals surface area contributed by atoms with E-state index in [1.54, 1.807) is 12.1 Å². The van der Waals surface area contributed by atoms with Crippen LogP contribution in [0.25, 0.3) is 0 Å². The highest BCUT2D eigenvalue weighted by Gasteiger charge is 2.25. The second-order valence-electron chi connectivity index (χ2n) is 10.5. The van der Waals surface area contributed by atoms with Crippen molar-refractivity contribution in [3.8, 4) is 5.75 Å². The molecule has 5 heteroatoms. The summed E-state index contributed by atoms with van der Waals surface area (Å²) in [4.78, 5) is 13.1. The first kappa shape index (κ1) is 27.4. The van der Waals surface area contributed by atoms with Crippen molar-refractivity contribution in [3.63, 3.8) is 0 Å². The van der Waals surface area contributed by atoms with Crippen LogP contribution in [0.4, 0.5) is 0 Å². The summed E-state index contributed by atoms with van der Waals surface area (Å²) in [6.45, 7) is 6.39. The number of nitrogens with one attached hydrogen (secondary N) is 2. The van der Waals surface area contributed by atoms with Crippen molar-refractivity contribution in [1.82, 2.24) is 10.6 Å². The Bertz CT molecular complexity index is 1230. The SMILES string of the molecule is C[Si](C)(CCC(=O)NC(c1ccccc1)c1ccccc1)c1ccc(CNCCc2ccc(O)cc2)cc1. The highest BCUT2D eigenvalue weighted by Crippen LogP contribution is 2.22. The molecule has 4 rings (SSSR count). The van der Waals surface area contributed by atoms with Crippen molar-refractivity contribution in [3.05, 3.63) is 131 Å². The van der Waals surface area contributed by atoms with E-state index in [4.69, 9.17) is 0 Å². The fraction of sp³-hybridized carbons (Fsp3) is 0.242. The average molecular weight is 523 g/mol. The summed E-state index contributed by atoms with van der Waals surface area (Å²) in [6.07, 6.45) is 1.45. The molecular weight excluding hydrogens is 484 g/mol. The normalized spacial score (nSPS) is 11.4. The number of hydrogen-bond donors (Lipinski definition) is 3. The number of hydrogen-bond acceptors (Lipinski definition) is 3. The highest BCUT2D eigenvalue weighted by atomic mass is 28.3. The van der Waals surface area contributed by atoms with Crippen LogP contribution in [0.2, 0.25) is 19.1 Å². The summed E-state index contributed by atoms with van der Waals surface area (Å²) in [5, 5.41) is 17.6. The number of rotatable bonds is 12. The zero-order valence-electron chi connectivity index (χ0n) is 22.4. The van der Waals surface area contributed by atoms with Crippen molar-refractivity contribution in [1.29, 1.82) is 0 Å². The lowest BCUT2D eigenvalue weighted by molar-refractivity contribution is -0.121. The van der Waals surface area contributed by atoms with E-state index in [0.717, 1.165) is 36.7 Å². The molecule has 0 saturated heterocycles. The molecule has 1 amide bonds. The molecule has 4 nitrogen and oxygen atoms in total. The van der Waals surface area contributed by atoms with Crippen molar-refractivity contribution in [2.24, 2.45) is 0 Å². The van der Waals surface area contributed by atoms with E-state index >= 15 is 0 Å². The van der Waals surface area contributed by atoms with E-state index in [9.17, 15) is 9.90 Å². The predicted octanol–water partition coefficient (Wildman–Crippen LogP) is 5.94. The maximum absolute atomic E-state index is 13.1. The number of amides is 1. The number of phenols is 1. The molecule has 0 bridgehead atoms. The van der Waals surface area contributed by atoms with E-state index in [2.05, 4.69) is 72.3 Å². The number of phenolic OH excluding ortho intramolecular Hbond substituents is 1. The van der Waals surface area contributed by atoms with E-state index in [-0.39, 0.29) is 11.9 Å². The lowest BCUT2D eigenvalue weighted by atomic mass is 9.98. The summed E-state index contributed by atoms with van der Waals surface area (Å²) in [5.41, 5.74) is 4.66. The first-order chi connectivity index (χ1) is 18.4. The van der Waals surface area contributed by atoms with Gasteiger partial charge in [0.05, 0.1) is 14.1 Å². The van der Waals surface area contributed by atoms with Gasteiger partial charge in [0.1, 0.15) is 5.75 Å². The molecule has 0 saturated carbocycles. The fourth-order valence-electron chi connectivity index (χ4n) is 4.66. The van der Waals surface area contributed by atoms with Gasteiger partial charge in [-0.15, -0.1) is 0 Å². The zero-order valence-corrected chi connectivity index (χ0v) is 23.4. The summed E-state index contributed by atoms with van der Waals surface area (Å²) in [5.74, 6) is 0.398. The van der Waals surface area contributed by atoms with Crippen LogP contribution in [0.15, 0.2) is 109 Å². The van der Waals surface area contributed by atoms with E-state index in [1.165, 1.54) is 16.3 Å². The van der Waals surface area contributed by atoms with Gasteiger partial charge in [-0.25, -0.2) is 0 Å². The molecule has 0 unspecified atom stereocenters. The molecule has 0 aromatic heterocycles. The maximum Gasteiger partial charge on any atom is 0.220 e. The second-order valence-corrected chi connectivity index (χ2v) is 15.3. The van der Waals surface area contributed by atoms with Crippen LogP contribution in [0, 0.1) is 0 Å². The van der Waals surface area contributed by atoms with Gasteiger partial charge >= 0.3 is 0 Å². The molecule has 0 aliphatic heterocycles. The second kappa shape index (κ2) is 13.2. The quantitative estimate of drug-likeness (QED) is 0.160. The minimum absolute atomic E-state index is 0.0951. The summed E-state index contributed by atoms with van der Waals surface area (Å²) < 4.78 is 0. The lowest BCUT2D eigenvalue weighted by Crippen LogP contribution is -2.42.